The molecule has 1 saturated heterocycles. The number of nitrogens with one attached hydrogen (secondary N) is 3. The molecule has 216 valence electrons. The van der Waals surface area contributed by atoms with Crippen molar-refractivity contribution in [3.63, 3.8) is 0 Å². The molecule has 1 atom stereocenters. The number of benzene rings is 2. The molecule has 1 aliphatic carbocycles. The van der Waals surface area contributed by atoms with Gasteiger partial charge in [0.25, 0.3) is 0 Å². The molecule has 4 rings (SSSR count). The van der Waals surface area contributed by atoms with Crippen LogP contribution in [0.1, 0.15) is 38.5 Å². The van der Waals surface area contributed by atoms with Crippen molar-refractivity contribution in [2.24, 2.45) is 11.7 Å². The summed E-state index contributed by atoms with van der Waals surface area (Å²) in [4.78, 5) is 40.9. The van der Waals surface area contributed by atoms with E-state index >= 15 is 0 Å². The van der Waals surface area contributed by atoms with Gasteiger partial charge >= 0.3 is 5.97 Å². The van der Waals surface area contributed by atoms with Crippen LogP contribution in [-0.2, 0) is 24.4 Å². The summed E-state index contributed by atoms with van der Waals surface area (Å²) in [5.74, 6) is -1.98. The van der Waals surface area contributed by atoms with Crippen LogP contribution in [0.15, 0.2) is 47.4 Å². The maximum Gasteiger partial charge on any atom is 0.305 e. The van der Waals surface area contributed by atoms with E-state index in [0.717, 1.165) is 18.2 Å². The van der Waals surface area contributed by atoms with Gasteiger partial charge in [0.1, 0.15) is 6.04 Å². The quantitative estimate of drug-likeness (QED) is 0.185. The maximum atomic E-state index is 13.6. The van der Waals surface area contributed by atoms with Crippen molar-refractivity contribution in [3.05, 3.63) is 42.5 Å². The van der Waals surface area contributed by atoms with Crippen molar-refractivity contribution in [1.29, 1.82) is 5.41 Å². The van der Waals surface area contributed by atoms with Crippen LogP contribution in [0.3, 0.4) is 0 Å². The summed E-state index contributed by atoms with van der Waals surface area (Å²) in [6, 6.07) is 10.3. The second-order valence-corrected chi connectivity index (χ2v) is 12.1. The van der Waals surface area contributed by atoms with Crippen molar-refractivity contribution in [1.82, 2.24) is 19.8 Å². The van der Waals surface area contributed by atoms with Gasteiger partial charge in [-0.3, -0.25) is 19.8 Å². The smallest absolute Gasteiger partial charge is 0.305 e. The van der Waals surface area contributed by atoms with Crippen molar-refractivity contribution in [2.75, 3.05) is 26.2 Å². The first-order valence-electron chi connectivity index (χ1n) is 13.4. The van der Waals surface area contributed by atoms with E-state index in [0.29, 0.717) is 37.9 Å². The van der Waals surface area contributed by atoms with Crippen LogP contribution in [0.2, 0.25) is 0 Å². The standard InChI is InChI=1S/C27H36N6O6S/c28-27(29)32-12-9-18(10-13-32)17-30-24(34)16-23(26(37)33(21-6-7-21)14-11-25(35)36)31-40(38,39)22-8-5-19-3-1-2-4-20(19)15-22/h1-5,8,15,18,21,23,31H,6-7,9-14,16-17H2,(H3,28,29)(H,30,34)(H,35,36)/t23-/m0/s1. The van der Waals surface area contributed by atoms with E-state index in [9.17, 15) is 22.8 Å². The average molecular weight is 573 g/mol. The molecule has 1 aliphatic heterocycles. The highest BCUT2D eigenvalue weighted by Gasteiger charge is 2.38. The van der Waals surface area contributed by atoms with Crippen LogP contribution in [-0.4, -0.2) is 85.3 Å². The third-order valence-corrected chi connectivity index (χ3v) is 8.87. The monoisotopic (exact) mass is 572 g/mol. The minimum atomic E-state index is -4.19. The summed E-state index contributed by atoms with van der Waals surface area (Å²) in [6.07, 6.45) is 2.16. The van der Waals surface area contributed by atoms with E-state index in [1.807, 2.05) is 12.1 Å². The number of rotatable bonds is 12. The predicted octanol–water partition coefficient (Wildman–Crippen LogP) is 1.06. The van der Waals surface area contributed by atoms with E-state index in [2.05, 4.69) is 10.0 Å². The lowest BCUT2D eigenvalue weighted by Crippen LogP contribution is -2.52. The van der Waals surface area contributed by atoms with Crippen LogP contribution in [0, 0.1) is 11.3 Å². The fourth-order valence-corrected chi connectivity index (χ4v) is 6.16. The first kappa shape index (κ1) is 29.3. The lowest BCUT2D eigenvalue weighted by atomic mass is 9.97. The SMILES string of the molecule is N=C(N)N1CCC(CNC(=O)C[C@H](NS(=O)(=O)c2ccc3ccccc3c2)C(=O)N(CCC(=O)O)C2CC2)CC1. The lowest BCUT2D eigenvalue weighted by molar-refractivity contribution is -0.140. The number of aliphatic carboxylic acids is 1. The van der Waals surface area contributed by atoms with E-state index in [-0.39, 0.29) is 35.8 Å². The van der Waals surface area contributed by atoms with Crippen LogP contribution in [0.25, 0.3) is 10.8 Å². The van der Waals surface area contributed by atoms with Gasteiger partial charge in [0, 0.05) is 32.2 Å². The Morgan fingerprint density at radius 3 is 2.38 bits per heavy atom. The van der Waals surface area contributed by atoms with Gasteiger partial charge in [-0.15, -0.1) is 0 Å². The van der Waals surface area contributed by atoms with Crippen LogP contribution in [0.5, 0.6) is 0 Å². The summed E-state index contributed by atoms with van der Waals surface area (Å²) in [7, 11) is -4.19. The fraction of sp³-hybridized carbons (Fsp3) is 0.481. The molecule has 13 heteroatoms. The van der Waals surface area contributed by atoms with E-state index in [4.69, 9.17) is 16.2 Å². The lowest BCUT2D eigenvalue weighted by Gasteiger charge is -2.32. The largest absolute Gasteiger partial charge is 0.481 e. The molecule has 2 aliphatic rings. The Labute approximate surface area is 233 Å². The van der Waals surface area contributed by atoms with Gasteiger partial charge in [0.15, 0.2) is 5.96 Å². The first-order chi connectivity index (χ1) is 19.0. The van der Waals surface area contributed by atoms with Gasteiger partial charge in [-0.2, -0.15) is 4.72 Å². The summed E-state index contributed by atoms with van der Waals surface area (Å²) in [6.45, 7) is 1.52. The Balaban J connectivity index is 1.48. The number of piperidine rings is 1. The molecule has 2 aromatic carbocycles. The van der Waals surface area contributed by atoms with Gasteiger partial charge in [0.2, 0.25) is 21.8 Å². The normalized spacial score (nSPS) is 16.9. The highest BCUT2D eigenvalue weighted by molar-refractivity contribution is 7.89. The number of hydrogen-bond donors (Lipinski definition) is 5. The highest BCUT2D eigenvalue weighted by Crippen LogP contribution is 2.28. The van der Waals surface area contributed by atoms with E-state index in [1.54, 1.807) is 23.1 Å². The van der Waals surface area contributed by atoms with Crippen molar-refractivity contribution in [3.8, 4) is 0 Å². The average Bonchev–Trinajstić information content (AvgIpc) is 3.76. The van der Waals surface area contributed by atoms with E-state index < -0.39 is 40.3 Å². The zero-order valence-electron chi connectivity index (χ0n) is 22.2. The van der Waals surface area contributed by atoms with Crippen molar-refractivity contribution in [2.45, 2.75) is 55.5 Å². The molecule has 1 saturated carbocycles. The molecule has 12 nitrogen and oxygen atoms in total. The maximum absolute atomic E-state index is 13.6. The molecule has 2 fully saturated rings. The third kappa shape index (κ3) is 7.69. The number of carboxylic acid groups (broad SMARTS) is 1. The number of hydrogen-bond acceptors (Lipinski definition) is 6. The van der Waals surface area contributed by atoms with Crippen LogP contribution in [0.4, 0.5) is 0 Å². The molecule has 0 radical (unpaired) electrons. The number of nitrogens with two attached hydrogens (primary N) is 1. The molecule has 0 bridgehead atoms. The Morgan fingerprint density at radius 2 is 1.75 bits per heavy atom. The molecule has 1 heterocycles. The van der Waals surface area contributed by atoms with Gasteiger partial charge in [-0.25, -0.2) is 8.42 Å². The number of carbonyl (C=O) groups excluding carboxylic acids is 2. The number of carbonyl (C=O) groups is 3. The van der Waals surface area contributed by atoms with Gasteiger partial charge in [0.05, 0.1) is 17.7 Å². The summed E-state index contributed by atoms with van der Waals surface area (Å²) >= 11 is 0. The molecule has 2 aromatic rings. The number of carboxylic acids is 1. The Morgan fingerprint density at radius 1 is 1.07 bits per heavy atom. The number of sulfonamides is 1. The minimum Gasteiger partial charge on any atom is -0.481 e. The van der Waals surface area contributed by atoms with Crippen molar-refractivity contribution >= 4 is 44.5 Å². The second kappa shape index (κ2) is 12.6. The minimum absolute atomic E-state index is 0.0191. The predicted molar refractivity (Wildman–Crippen MR) is 149 cm³/mol. The number of likely N-dealkylation sites (tertiary alicyclic amines) is 1. The Kier molecular flexibility index (Phi) is 9.25. The third-order valence-electron chi connectivity index (χ3n) is 7.40. The summed E-state index contributed by atoms with van der Waals surface area (Å²) in [5, 5.41) is 21.1. The molecular weight excluding hydrogens is 536 g/mol. The number of nitrogens with zero attached hydrogens (tertiary/aromatic N) is 2. The number of amides is 2. The fourth-order valence-electron chi connectivity index (χ4n) is 4.94. The van der Waals surface area contributed by atoms with Gasteiger partial charge in [-0.05, 0) is 54.5 Å². The first-order valence-corrected chi connectivity index (χ1v) is 14.9. The van der Waals surface area contributed by atoms with Crippen LogP contribution >= 0.6 is 0 Å². The zero-order valence-corrected chi connectivity index (χ0v) is 23.0. The summed E-state index contributed by atoms with van der Waals surface area (Å²) < 4.78 is 29.2. The van der Waals surface area contributed by atoms with Gasteiger partial charge < -0.3 is 26.0 Å². The second-order valence-electron chi connectivity index (χ2n) is 10.4. The highest BCUT2D eigenvalue weighted by atomic mass is 32.2. The Bertz CT molecular complexity index is 1370. The van der Waals surface area contributed by atoms with Crippen LogP contribution < -0.4 is 15.8 Å². The Hall–Kier alpha value is -3.71. The van der Waals surface area contributed by atoms with Gasteiger partial charge in [-0.1, -0.05) is 30.3 Å². The van der Waals surface area contributed by atoms with Crippen molar-refractivity contribution < 1.29 is 27.9 Å². The van der Waals surface area contributed by atoms with E-state index in [1.165, 1.54) is 17.0 Å². The summed E-state index contributed by atoms with van der Waals surface area (Å²) in [5.41, 5.74) is 5.54. The molecule has 2 amide bonds. The molecule has 0 aromatic heterocycles. The number of guanidine groups is 1. The topological polar surface area (TPSA) is 186 Å². The molecule has 0 spiro atoms. The number of fused-ring (bicyclic) bond motifs is 1. The molecule has 6 N–H and O–H groups in total. The zero-order chi connectivity index (χ0) is 28.9. The molecular formula is C27H36N6O6S. The molecule has 0 unspecified atom stereocenters. The molecule has 40 heavy (non-hydrogen) atoms.